The molecule has 1 aromatic rings. The number of aliphatic hydroxyl groups excluding tert-OH is 3. The summed E-state index contributed by atoms with van der Waals surface area (Å²) in [7, 11) is 0. The fourth-order valence-electron chi connectivity index (χ4n) is 5.19. The monoisotopic (exact) mass is 442 g/mol. The first-order chi connectivity index (χ1) is 15.0. The molecule has 4 rings (SSSR count). The lowest BCUT2D eigenvalue weighted by molar-refractivity contribution is -0.160. The van der Waals surface area contributed by atoms with Gasteiger partial charge in [-0.05, 0) is 29.1 Å². The van der Waals surface area contributed by atoms with Crippen molar-refractivity contribution in [2.45, 2.75) is 31.0 Å². The maximum Gasteiger partial charge on any atom is 0.255 e. The number of ketones is 2. The van der Waals surface area contributed by atoms with Crippen LogP contribution in [0.15, 0.2) is 34.2 Å². The number of hydrogen-bond donors (Lipinski definition) is 6. The van der Waals surface area contributed by atoms with Gasteiger partial charge in [-0.2, -0.15) is 0 Å². The van der Waals surface area contributed by atoms with Crippen LogP contribution in [0.25, 0.3) is 16.2 Å². The molecule has 1 fully saturated rings. The number of aromatic hydroxyl groups is 1. The standard InChI is InChI=1S/C20H18N4O8/c1-5-10-7(23-24-22)2-3-8(25)12(10)16(28)14-11(5)15(27)6-4-9(26)13(19(21)31)17(29)20(6,32)18(14)30/h2-3,5-6,11,15,25,27-29,32H,4H2,1H3,(H2,21,31)/t5-,6-,11-,15+,20-/m1/s1. The molecule has 12 heteroatoms. The summed E-state index contributed by atoms with van der Waals surface area (Å²) in [5.74, 6) is -9.67. The molecule has 166 valence electrons. The molecule has 3 aliphatic rings. The molecule has 0 radical (unpaired) electrons. The van der Waals surface area contributed by atoms with Crippen LogP contribution >= 0.6 is 0 Å². The smallest absolute Gasteiger partial charge is 0.255 e. The number of phenols is 1. The Hall–Kier alpha value is -3.86. The van der Waals surface area contributed by atoms with E-state index < -0.39 is 81.8 Å². The molecule has 3 aliphatic carbocycles. The molecule has 0 aliphatic heterocycles. The van der Waals surface area contributed by atoms with Crippen LogP contribution in [-0.2, 0) is 14.4 Å². The van der Waals surface area contributed by atoms with Crippen molar-refractivity contribution in [2.75, 3.05) is 0 Å². The number of benzene rings is 1. The number of carbonyl (C=O) groups is 3. The number of phenolic OH excluding ortho intramolecular Hbond substituents is 1. The second-order valence-corrected chi connectivity index (χ2v) is 8.07. The minimum atomic E-state index is -2.90. The predicted molar refractivity (Wildman–Crippen MR) is 106 cm³/mol. The van der Waals surface area contributed by atoms with Crippen LogP contribution in [0.3, 0.4) is 0 Å². The summed E-state index contributed by atoms with van der Waals surface area (Å²) >= 11 is 0. The highest BCUT2D eigenvalue weighted by molar-refractivity contribution is 6.23. The number of hydrogen-bond acceptors (Lipinski definition) is 9. The Balaban J connectivity index is 2.05. The predicted octanol–water partition coefficient (Wildman–Crippen LogP) is 0.898. The molecular formula is C20H18N4O8. The summed E-state index contributed by atoms with van der Waals surface area (Å²) in [5.41, 5.74) is 9.59. The highest BCUT2D eigenvalue weighted by Gasteiger charge is 2.65. The van der Waals surface area contributed by atoms with Crippen LogP contribution < -0.4 is 5.73 Å². The summed E-state index contributed by atoms with van der Waals surface area (Å²) < 4.78 is 0. The Bertz CT molecular complexity index is 1230. The summed E-state index contributed by atoms with van der Waals surface area (Å²) in [6.07, 6.45) is -2.32. The summed E-state index contributed by atoms with van der Waals surface area (Å²) in [6, 6.07) is 2.43. The zero-order valence-corrected chi connectivity index (χ0v) is 16.6. The van der Waals surface area contributed by atoms with Crippen molar-refractivity contribution in [3.8, 4) is 5.75 Å². The van der Waals surface area contributed by atoms with Gasteiger partial charge >= 0.3 is 0 Å². The Morgan fingerprint density at radius 3 is 2.53 bits per heavy atom. The first-order valence-corrected chi connectivity index (χ1v) is 9.54. The lowest BCUT2D eigenvalue weighted by Crippen LogP contribution is -2.63. The largest absolute Gasteiger partial charge is 0.508 e. The molecule has 0 spiro atoms. The quantitative estimate of drug-likeness (QED) is 0.166. The molecule has 0 heterocycles. The molecule has 1 amide bonds. The molecule has 0 saturated heterocycles. The van der Waals surface area contributed by atoms with E-state index in [0.29, 0.717) is 0 Å². The van der Waals surface area contributed by atoms with Gasteiger partial charge in [-0.15, -0.1) is 0 Å². The van der Waals surface area contributed by atoms with Crippen LogP contribution in [0.4, 0.5) is 5.69 Å². The lowest BCUT2D eigenvalue weighted by Gasteiger charge is -2.50. The second-order valence-electron chi connectivity index (χ2n) is 8.07. The van der Waals surface area contributed by atoms with E-state index in [2.05, 4.69) is 10.0 Å². The summed E-state index contributed by atoms with van der Waals surface area (Å²) in [5, 5.41) is 57.7. The average Bonchev–Trinajstić information content (AvgIpc) is 2.72. The zero-order valence-electron chi connectivity index (χ0n) is 16.6. The molecular weight excluding hydrogens is 424 g/mol. The van der Waals surface area contributed by atoms with Crippen LogP contribution in [0, 0.1) is 11.8 Å². The highest BCUT2D eigenvalue weighted by Crippen LogP contribution is 2.57. The van der Waals surface area contributed by atoms with Gasteiger partial charge in [0.2, 0.25) is 5.78 Å². The zero-order chi connectivity index (χ0) is 23.7. The minimum Gasteiger partial charge on any atom is -0.508 e. The number of rotatable bonds is 2. The maximum atomic E-state index is 13.4. The molecule has 1 saturated carbocycles. The van der Waals surface area contributed by atoms with Crippen molar-refractivity contribution < 1.29 is 39.9 Å². The first-order valence-electron chi connectivity index (χ1n) is 9.54. The van der Waals surface area contributed by atoms with Gasteiger partial charge in [-0.1, -0.05) is 12.0 Å². The van der Waals surface area contributed by atoms with Gasteiger partial charge in [0.15, 0.2) is 11.4 Å². The first kappa shape index (κ1) is 21.4. The van der Waals surface area contributed by atoms with Crippen LogP contribution in [-0.4, -0.2) is 54.7 Å². The van der Waals surface area contributed by atoms with Gasteiger partial charge in [0.25, 0.3) is 5.91 Å². The minimum absolute atomic E-state index is 0.0392. The van der Waals surface area contributed by atoms with E-state index in [0.717, 1.165) is 6.07 Å². The summed E-state index contributed by atoms with van der Waals surface area (Å²) in [4.78, 5) is 40.2. The number of azide groups is 1. The summed E-state index contributed by atoms with van der Waals surface area (Å²) in [6.45, 7) is 1.54. The van der Waals surface area contributed by atoms with E-state index in [1.807, 2.05) is 0 Å². The van der Waals surface area contributed by atoms with Gasteiger partial charge in [0.1, 0.15) is 22.8 Å². The maximum absolute atomic E-state index is 13.4. The number of nitrogens with two attached hydrogens (primary N) is 1. The van der Waals surface area contributed by atoms with Gasteiger partial charge < -0.3 is 31.3 Å². The van der Waals surface area contributed by atoms with Crippen molar-refractivity contribution in [2.24, 2.45) is 22.7 Å². The van der Waals surface area contributed by atoms with Crippen molar-refractivity contribution in [1.82, 2.24) is 0 Å². The lowest BCUT2D eigenvalue weighted by atomic mass is 9.55. The molecule has 12 nitrogen and oxygen atoms in total. The highest BCUT2D eigenvalue weighted by atomic mass is 16.4. The molecule has 0 bridgehead atoms. The van der Waals surface area contributed by atoms with Crippen LogP contribution in [0.5, 0.6) is 5.75 Å². The Kier molecular flexibility index (Phi) is 4.56. The average molecular weight is 442 g/mol. The van der Waals surface area contributed by atoms with Gasteiger partial charge in [-0.25, -0.2) is 0 Å². The Morgan fingerprint density at radius 1 is 1.28 bits per heavy atom. The van der Waals surface area contributed by atoms with Gasteiger partial charge in [0.05, 0.1) is 11.7 Å². The van der Waals surface area contributed by atoms with Gasteiger partial charge in [-0.3, -0.25) is 14.4 Å². The molecule has 32 heavy (non-hydrogen) atoms. The number of amides is 1. The third-order valence-corrected chi connectivity index (χ3v) is 6.61. The van der Waals surface area contributed by atoms with E-state index in [1.165, 1.54) is 6.07 Å². The second kappa shape index (κ2) is 6.82. The number of primary amides is 1. The topological polar surface area (TPSA) is 227 Å². The van der Waals surface area contributed by atoms with E-state index in [1.54, 1.807) is 6.92 Å². The number of Topliss-reactive ketones (excluding diaryl/α,β-unsaturated/α-hetero) is 2. The number of aliphatic hydroxyl groups is 4. The number of nitrogens with zero attached hydrogens (tertiary/aromatic N) is 3. The number of carbonyl (C=O) groups excluding carboxylic acids is 3. The fraction of sp³-hybridized carbons (Fsp3) is 0.350. The number of fused-ring (bicyclic) bond motifs is 3. The fourth-order valence-corrected chi connectivity index (χ4v) is 5.19. The normalized spacial score (nSPS) is 31.5. The van der Waals surface area contributed by atoms with Crippen molar-refractivity contribution in [3.05, 3.63) is 50.6 Å². The van der Waals surface area contributed by atoms with Crippen molar-refractivity contribution >= 4 is 28.9 Å². The Morgan fingerprint density at radius 2 is 1.94 bits per heavy atom. The van der Waals surface area contributed by atoms with E-state index in [4.69, 9.17) is 11.3 Å². The molecule has 1 aromatic carbocycles. The third-order valence-electron chi connectivity index (χ3n) is 6.61. The van der Waals surface area contributed by atoms with Crippen LogP contribution in [0.2, 0.25) is 0 Å². The third kappa shape index (κ3) is 2.45. The molecule has 5 atom stereocenters. The SMILES string of the molecule is C[C@@H]1c2c(N=[N+]=[N-])ccc(O)c2C(O)=C2C(=O)[C@]3(O)C(O)=C(C(N)=O)C(=O)C[C@@H]3[C@H](O)[C@@H]21. The molecule has 7 N–H and O–H groups in total. The van der Waals surface area contributed by atoms with Crippen LogP contribution in [0.1, 0.15) is 30.4 Å². The van der Waals surface area contributed by atoms with Crippen molar-refractivity contribution in [3.63, 3.8) is 0 Å². The Labute approximate surface area is 179 Å². The molecule has 0 unspecified atom stereocenters. The van der Waals surface area contributed by atoms with Crippen molar-refractivity contribution in [1.29, 1.82) is 0 Å². The van der Waals surface area contributed by atoms with Gasteiger partial charge in [0, 0.05) is 34.4 Å². The van der Waals surface area contributed by atoms with E-state index >= 15 is 0 Å². The van der Waals surface area contributed by atoms with E-state index in [-0.39, 0.29) is 16.8 Å². The molecule has 0 aromatic heterocycles. The van der Waals surface area contributed by atoms with E-state index in [9.17, 15) is 39.9 Å².